The number of primary amides is 2. The minimum Gasteiger partial charge on any atom is -0.480 e. The first kappa shape index (κ1) is 31.1. The van der Waals surface area contributed by atoms with Crippen LogP contribution in [0.2, 0.25) is 0 Å². The summed E-state index contributed by atoms with van der Waals surface area (Å²) < 4.78 is 0. The van der Waals surface area contributed by atoms with Crippen molar-refractivity contribution in [1.82, 2.24) is 16.0 Å². The summed E-state index contributed by atoms with van der Waals surface area (Å²) in [5.74, 6) is -5.11. The topological polar surface area (TPSA) is 263 Å². The van der Waals surface area contributed by atoms with E-state index in [1.165, 1.54) is 11.8 Å². The number of rotatable bonds is 18. The normalized spacial score (nSPS) is 14.2. The van der Waals surface area contributed by atoms with Crippen molar-refractivity contribution in [3.63, 3.8) is 0 Å². The van der Waals surface area contributed by atoms with E-state index in [0.717, 1.165) is 0 Å². The van der Waals surface area contributed by atoms with Crippen molar-refractivity contribution >= 4 is 47.3 Å². The van der Waals surface area contributed by atoms with Crippen molar-refractivity contribution < 1.29 is 33.9 Å². The predicted molar refractivity (Wildman–Crippen MR) is 125 cm³/mol. The highest BCUT2D eigenvalue weighted by Gasteiger charge is 2.31. The van der Waals surface area contributed by atoms with Crippen LogP contribution in [-0.2, 0) is 28.8 Å². The van der Waals surface area contributed by atoms with Gasteiger partial charge in [-0.15, -0.1) is 0 Å². The van der Waals surface area contributed by atoms with Crippen LogP contribution in [0, 0.1) is 0 Å². The lowest BCUT2D eigenvalue weighted by atomic mass is 10.1. The van der Waals surface area contributed by atoms with Crippen LogP contribution in [0.4, 0.5) is 0 Å². The van der Waals surface area contributed by atoms with E-state index in [1.807, 2.05) is 0 Å². The lowest BCUT2D eigenvalue weighted by Gasteiger charge is -2.24. The molecule has 0 spiro atoms. The van der Waals surface area contributed by atoms with E-state index < -0.39 is 72.5 Å². The van der Waals surface area contributed by atoms with E-state index >= 15 is 0 Å². The Kier molecular flexibility index (Phi) is 15.2. The molecule has 34 heavy (non-hydrogen) atoms. The van der Waals surface area contributed by atoms with Crippen LogP contribution in [0.3, 0.4) is 0 Å². The number of carboxylic acid groups (broad SMARTS) is 1. The van der Waals surface area contributed by atoms with Gasteiger partial charge < -0.3 is 44.0 Å². The number of nitrogens with two attached hydrogens (primary N) is 4. The second kappa shape index (κ2) is 16.7. The summed E-state index contributed by atoms with van der Waals surface area (Å²) >= 11 is 1.39. The summed E-state index contributed by atoms with van der Waals surface area (Å²) in [7, 11) is 0. The van der Waals surface area contributed by atoms with E-state index in [4.69, 9.17) is 22.9 Å². The SMILES string of the molecule is CSCCC(NC(=O)C(CC(N)=O)NC(=O)C(N)CC(N)=O)C(=O)NC(CCCCN)C(=O)O. The van der Waals surface area contributed by atoms with Gasteiger partial charge in [-0.1, -0.05) is 0 Å². The lowest BCUT2D eigenvalue weighted by Crippen LogP contribution is -2.58. The van der Waals surface area contributed by atoms with Crippen molar-refractivity contribution in [2.24, 2.45) is 22.9 Å². The number of unbranched alkanes of at least 4 members (excludes halogenated alkanes) is 1. The van der Waals surface area contributed by atoms with E-state index in [2.05, 4.69) is 16.0 Å². The number of hydrogen-bond donors (Lipinski definition) is 8. The zero-order chi connectivity index (χ0) is 26.3. The highest BCUT2D eigenvalue weighted by atomic mass is 32.2. The quantitative estimate of drug-likeness (QED) is 0.0851. The highest BCUT2D eigenvalue weighted by molar-refractivity contribution is 7.98. The molecule has 0 aromatic carbocycles. The van der Waals surface area contributed by atoms with Crippen molar-refractivity contribution in [1.29, 1.82) is 0 Å². The fraction of sp³-hybridized carbons (Fsp3) is 0.684. The molecule has 0 saturated carbocycles. The molecule has 0 bridgehead atoms. The first-order chi connectivity index (χ1) is 15.9. The standard InChI is InChI=1S/C19H35N7O7S/c1-34-7-5-11(17(30)25-12(19(32)33)4-2-3-6-20)24-18(31)13(9-15(23)28)26-16(29)10(21)8-14(22)27/h10-13H,2-9,20-21H2,1H3,(H2,22,27)(H2,23,28)(H,24,31)(H,25,30)(H,26,29)(H,32,33). The maximum Gasteiger partial charge on any atom is 0.326 e. The van der Waals surface area contributed by atoms with E-state index in [-0.39, 0.29) is 12.8 Å². The molecule has 14 nitrogen and oxygen atoms in total. The van der Waals surface area contributed by atoms with Gasteiger partial charge >= 0.3 is 5.97 Å². The molecule has 0 radical (unpaired) electrons. The fourth-order valence-corrected chi connectivity index (χ4v) is 3.27. The van der Waals surface area contributed by atoms with E-state index in [1.54, 1.807) is 6.26 Å². The Bertz CT molecular complexity index is 738. The molecule has 4 unspecified atom stereocenters. The van der Waals surface area contributed by atoms with Gasteiger partial charge in [0.1, 0.15) is 18.1 Å². The van der Waals surface area contributed by atoms with Crippen LogP contribution in [0.5, 0.6) is 0 Å². The summed E-state index contributed by atoms with van der Waals surface area (Å²) in [4.78, 5) is 71.6. The number of carbonyl (C=O) groups excluding carboxylic acids is 5. The molecule has 0 rings (SSSR count). The zero-order valence-corrected chi connectivity index (χ0v) is 19.9. The zero-order valence-electron chi connectivity index (χ0n) is 19.1. The molecule has 0 fully saturated rings. The van der Waals surface area contributed by atoms with Crippen molar-refractivity contribution in [3.05, 3.63) is 0 Å². The summed E-state index contributed by atoms with van der Waals surface area (Å²) in [5.41, 5.74) is 21.1. The molecule has 194 valence electrons. The molecule has 0 saturated heterocycles. The van der Waals surface area contributed by atoms with Crippen molar-refractivity contribution in [3.8, 4) is 0 Å². The van der Waals surface area contributed by atoms with E-state index in [9.17, 15) is 33.9 Å². The van der Waals surface area contributed by atoms with Crippen molar-refractivity contribution in [2.45, 2.75) is 62.7 Å². The third-order valence-corrected chi connectivity index (χ3v) is 5.25. The number of carboxylic acids is 1. The smallest absolute Gasteiger partial charge is 0.326 e. The summed E-state index contributed by atoms with van der Waals surface area (Å²) in [6, 6.07) is -5.17. The molecular formula is C19H35N7O7S. The Morgan fingerprint density at radius 2 is 1.32 bits per heavy atom. The third-order valence-electron chi connectivity index (χ3n) is 4.60. The third kappa shape index (κ3) is 13.0. The van der Waals surface area contributed by atoms with Gasteiger partial charge in [-0.05, 0) is 44.2 Å². The molecule has 0 aliphatic carbocycles. The molecular weight excluding hydrogens is 470 g/mol. The minimum absolute atomic E-state index is 0.145. The Hall–Kier alpha value is -2.91. The maximum atomic E-state index is 12.8. The largest absolute Gasteiger partial charge is 0.480 e. The van der Waals surface area contributed by atoms with Gasteiger partial charge in [-0.3, -0.25) is 24.0 Å². The van der Waals surface area contributed by atoms with Crippen molar-refractivity contribution in [2.75, 3.05) is 18.6 Å². The number of thioether (sulfide) groups is 1. The minimum atomic E-state index is -1.48. The van der Waals surface area contributed by atoms with Gasteiger partial charge in [-0.2, -0.15) is 11.8 Å². The molecule has 4 atom stereocenters. The lowest BCUT2D eigenvalue weighted by molar-refractivity contribution is -0.142. The molecule has 0 aliphatic rings. The molecule has 0 aliphatic heterocycles. The number of aliphatic carboxylic acids is 1. The maximum absolute atomic E-state index is 12.8. The summed E-state index contributed by atoms with van der Waals surface area (Å²) in [6.07, 6.45) is 2.04. The Labute approximate surface area is 201 Å². The molecule has 0 heterocycles. The number of amides is 5. The van der Waals surface area contributed by atoms with Crippen LogP contribution >= 0.6 is 11.8 Å². The second-order valence-corrected chi connectivity index (χ2v) is 8.52. The molecule has 12 N–H and O–H groups in total. The second-order valence-electron chi connectivity index (χ2n) is 7.54. The van der Waals surface area contributed by atoms with Gasteiger partial charge in [0.15, 0.2) is 0 Å². The van der Waals surface area contributed by atoms with Gasteiger partial charge in [0.2, 0.25) is 29.5 Å². The average molecular weight is 506 g/mol. The molecule has 15 heteroatoms. The van der Waals surface area contributed by atoms with Crippen LogP contribution in [0.1, 0.15) is 38.5 Å². The number of hydrogen-bond acceptors (Lipinski definition) is 9. The van der Waals surface area contributed by atoms with Crippen LogP contribution in [0.15, 0.2) is 0 Å². The van der Waals surface area contributed by atoms with Gasteiger partial charge in [0, 0.05) is 0 Å². The van der Waals surface area contributed by atoms with Crippen LogP contribution in [-0.4, -0.2) is 83.3 Å². The molecule has 0 aromatic heterocycles. The Morgan fingerprint density at radius 1 is 0.794 bits per heavy atom. The average Bonchev–Trinajstić information content (AvgIpc) is 2.74. The summed E-state index contributed by atoms with van der Waals surface area (Å²) in [5, 5.41) is 16.4. The summed E-state index contributed by atoms with van der Waals surface area (Å²) in [6.45, 7) is 0.378. The highest BCUT2D eigenvalue weighted by Crippen LogP contribution is 2.06. The fourth-order valence-electron chi connectivity index (χ4n) is 2.80. The molecule has 0 aromatic rings. The van der Waals surface area contributed by atoms with E-state index in [0.29, 0.717) is 25.1 Å². The number of carbonyl (C=O) groups is 6. The van der Waals surface area contributed by atoms with Gasteiger partial charge in [-0.25, -0.2) is 4.79 Å². The predicted octanol–water partition coefficient (Wildman–Crippen LogP) is -3.51. The Balaban J connectivity index is 5.44. The van der Waals surface area contributed by atoms with Gasteiger partial charge in [0.25, 0.3) is 0 Å². The molecule has 5 amide bonds. The first-order valence-electron chi connectivity index (χ1n) is 10.6. The first-order valence-corrected chi connectivity index (χ1v) is 12.0. The Morgan fingerprint density at radius 3 is 1.82 bits per heavy atom. The van der Waals surface area contributed by atoms with Crippen LogP contribution in [0.25, 0.3) is 0 Å². The van der Waals surface area contributed by atoms with Crippen LogP contribution < -0.4 is 38.9 Å². The monoisotopic (exact) mass is 505 g/mol. The number of nitrogens with one attached hydrogen (secondary N) is 3. The van der Waals surface area contributed by atoms with Gasteiger partial charge in [0.05, 0.1) is 18.9 Å².